The Labute approximate surface area is 235 Å². The molecule has 1 amide bonds. The zero-order chi connectivity index (χ0) is 27.3. The molecule has 1 saturated carbocycles. The number of morpholine rings is 1. The molecule has 1 aromatic carbocycles. The van der Waals surface area contributed by atoms with E-state index in [1.807, 2.05) is 11.0 Å². The highest BCUT2D eigenvalue weighted by atomic mass is 16.5. The zero-order valence-electron chi connectivity index (χ0n) is 23.4. The molecule has 0 bridgehead atoms. The number of carbonyl (C=O) groups excluding carboxylic acids is 1. The smallest absolute Gasteiger partial charge is 0.307 e. The third kappa shape index (κ3) is 6.09. The lowest BCUT2D eigenvalue weighted by molar-refractivity contribution is -0.347. The normalized spacial score (nSPS) is 19.1. The molecule has 3 fully saturated rings. The molecule has 3 aromatic rings. The van der Waals surface area contributed by atoms with Crippen molar-refractivity contribution in [3.05, 3.63) is 24.5 Å². The average Bonchev–Trinajstić information content (AvgIpc) is 3.48. The van der Waals surface area contributed by atoms with Crippen LogP contribution < -0.4 is 25.3 Å². The Bertz CT molecular complexity index is 1290. The number of fused-ring (bicyclic) bond motifs is 1. The molecule has 0 spiro atoms. The van der Waals surface area contributed by atoms with Gasteiger partial charge in [0.1, 0.15) is 5.75 Å². The summed E-state index contributed by atoms with van der Waals surface area (Å²) in [5, 5.41) is 7.02. The van der Waals surface area contributed by atoms with E-state index in [9.17, 15) is 4.79 Å². The molecular formula is C29H41N8O3+. The number of methoxy groups -OCH3 is 1. The summed E-state index contributed by atoms with van der Waals surface area (Å²) in [6, 6.07) is 6.65. The topological polar surface area (TPSA) is 122 Å². The van der Waals surface area contributed by atoms with Gasteiger partial charge in [0.2, 0.25) is 11.4 Å². The summed E-state index contributed by atoms with van der Waals surface area (Å²) in [6.07, 6.45) is 10.6. The molecule has 0 atom stereocenters. The molecule has 11 heteroatoms. The minimum atomic E-state index is 0.272. The monoisotopic (exact) mass is 549 g/mol. The van der Waals surface area contributed by atoms with Crippen LogP contribution in [0, 0.1) is 5.92 Å². The summed E-state index contributed by atoms with van der Waals surface area (Å²) in [5.41, 5.74) is 3.57. The van der Waals surface area contributed by atoms with Gasteiger partial charge in [0.15, 0.2) is 12.1 Å². The van der Waals surface area contributed by atoms with E-state index in [4.69, 9.17) is 14.5 Å². The van der Waals surface area contributed by atoms with Gasteiger partial charge in [-0.2, -0.15) is 4.98 Å². The van der Waals surface area contributed by atoms with E-state index in [2.05, 4.69) is 42.6 Å². The largest absolute Gasteiger partial charge is 0.494 e. The van der Waals surface area contributed by atoms with E-state index in [0.717, 1.165) is 86.0 Å². The minimum Gasteiger partial charge on any atom is -0.494 e. The first kappa shape index (κ1) is 26.6. The molecule has 1 aliphatic carbocycles. The Morgan fingerprint density at radius 2 is 1.90 bits per heavy atom. The highest BCUT2D eigenvalue weighted by Gasteiger charge is 2.26. The minimum absolute atomic E-state index is 0.272. The fourth-order valence-electron chi connectivity index (χ4n) is 6.16. The number of nitrogens with one attached hydrogen (secondary N) is 4. The predicted octanol–water partition coefficient (Wildman–Crippen LogP) is 3.73. The van der Waals surface area contributed by atoms with Gasteiger partial charge in [-0.05, 0) is 43.7 Å². The summed E-state index contributed by atoms with van der Waals surface area (Å²) in [4.78, 5) is 33.0. The number of rotatable bonds is 8. The molecule has 214 valence electrons. The Morgan fingerprint density at radius 3 is 2.67 bits per heavy atom. The number of piperidine rings is 1. The highest BCUT2D eigenvalue weighted by Crippen LogP contribution is 2.34. The van der Waals surface area contributed by atoms with Gasteiger partial charge in [-0.3, -0.25) is 9.78 Å². The van der Waals surface area contributed by atoms with Gasteiger partial charge in [0.25, 0.3) is 0 Å². The molecule has 4 N–H and O–H groups in total. The van der Waals surface area contributed by atoms with Gasteiger partial charge < -0.3 is 29.9 Å². The highest BCUT2D eigenvalue weighted by molar-refractivity contribution is 5.82. The molecule has 2 aromatic heterocycles. The maximum absolute atomic E-state index is 12.7. The number of carbonyl (C=O) groups is 1. The number of benzene rings is 1. The molecule has 2 saturated heterocycles. The summed E-state index contributed by atoms with van der Waals surface area (Å²) < 4.78 is 11.2. The second kappa shape index (κ2) is 12.3. The van der Waals surface area contributed by atoms with E-state index in [1.54, 1.807) is 13.4 Å². The maximum Gasteiger partial charge on any atom is 0.307 e. The van der Waals surface area contributed by atoms with Crippen molar-refractivity contribution in [1.82, 2.24) is 19.9 Å². The van der Waals surface area contributed by atoms with Gasteiger partial charge >= 0.3 is 11.6 Å². The summed E-state index contributed by atoms with van der Waals surface area (Å²) >= 11 is 0. The van der Waals surface area contributed by atoms with Crippen LogP contribution in [0.1, 0.15) is 51.4 Å². The Kier molecular flexibility index (Phi) is 8.17. The molecule has 40 heavy (non-hydrogen) atoms. The van der Waals surface area contributed by atoms with Gasteiger partial charge in [-0.1, -0.05) is 24.2 Å². The van der Waals surface area contributed by atoms with Crippen LogP contribution in [0.25, 0.3) is 11.2 Å². The number of amides is 1. The van der Waals surface area contributed by atoms with E-state index in [-0.39, 0.29) is 5.91 Å². The Balaban J connectivity index is 1.10. The van der Waals surface area contributed by atoms with Gasteiger partial charge in [-0.15, -0.1) is 0 Å². The first-order valence-electron chi connectivity index (χ1n) is 14.7. The number of aromatic amines is 2. The van der Waals surface area contributed by atoms with Crippen molar-refractivity contribution in [2.45, 2.75) is 57.4 Å². The van der Waals surface area contributed by atoms with Crippen LogP contribution in [-0.2, 0) is 9.53 Å². The first-order chi connectivity index (χ1) is 19.7. The van der Waals surface area contributed by atoms with Crippen LogP contribution >= 0.6 is 0 Å². The Morgan fingerprint density at radius 1 is 1.10 bits per heavy atom. The standard InChI is InChI=1S/C29H40N8O3/c1-39-24-18-22(36-11-9-20(10-12-36)17-25(38)37-13-15-40-16-14-37)7-8-23(24)33-29-34-27-26(30-19-31-27)28(35-29)32-21-5-3-2-4-6-21/h7-8,18-21H,2-6,9-17H2,1H3,(H3,30,31,32,33,34,35)/p+1. The third-order valence-corrected chi connectivity index (χ3v) is 8.52. The molecule has 3 aliphatic rings. The summed E-state index contributed by atoms with van der Waals surface area (Å²) in [5.74, 6) is 2.77. The second-order valence-corrected chi connectivity index (χ2v) is 11.2. The van der Waals surface area contributed by atoms with Crippen molar-refractivity contribution in [2.24, 2.45) is 5.92 Å². The number of aromatic nitrogens is 4. The molecule has 0 radical (unpaired) electrons. The van der Waals surface area contributed by atoms with Crippen LogP contribution in [0.3, 0.4) is 0 Å². The summed E-state index contributed by atoms with van der Waals surface area (Å²) in [7, 11) is 1.69. The van der Waals surface area contributed by atoms with Crippen molar-refractivity contribution in [3.8, 4) is 5.75 Å². The predicted molar refractivity (Wildman–Crippen MR) is 154 cm³/mol. The van der Waals surface area contributed by atoms with Crippen molar-refractivity contribution >= 4 is 40.2 Å². The number of anilines is 4. The molecule has 2 aliphatic heterocycles. The average molecular weight is 550 g/mol. The van der Waals surface area contributed by atoms with Crippen molar-refractivity contribution < 1.29 is 19.3 Å². The lowest BCUT2D eigenvalue weighted by Gasteiger charge is -2.35. The number of nitrogens with zero attached hydrogens (tertiary/aromatic N) is 4. The lowest BCUT2D eigenvalue weighted by Crippen LogP contribution is -2.42. The zero-order valence-corrected chi connectivity index (χ0v) is 23.4. The molecular weight excluding hydrogens is 508 g/mol. The van der Waals surface area contributed by atoms with E-state index < -0.39 is 0 Å². The van der Waals surface area contributed by atoms with Crippen molar-refractivity contribution in [2.75, 3.05) is 62.0 Å². The number of ether oxygens (including phenoxy) is 2. The fraction of sp³-hybridized carbons (Fsp3) is 0.586. The Hall–Kier alpha value is -3.60. The van der Waals surface area contributed by atoms with Crippen LogP contribution in [-0.4, -0.2) is 78.3 Å². The van der Waals surface area contributed by atoms with Crippen LogP contribution in [0.5, 0.6) is 5.75 Å². The van der Waals surface area contributed by atoms with Crippen LogP contribution in [0.15, 0.2) is 24.5 Å². The van der Waals surface area contributed by atoms with Crippen LogP contribution in [0.2, 0.25) is 0 Å². The van der Waals surface area contributed by atoms with Gasteiger partial charge in [-0.25, -0.2) is 4.98 Å². The summed E-state index contributed by atoms with van der Waals surface area (Å²) in [6.45, 7) is 4.60. The third-order valence-electron chi connectivity index (χ3n) is 8.52. The van der Waals surface area contributed by atoms with E-state index in [0.29, 0.717) is 37.5 Å². The number of hydrogen-bond donors (Lipinski definition) is 3. The lowest BCUT2D eigenvalue weighted by atomic mass is 9.92. The van der Waals surface area contributed by atoms with E-state index in [1.165, 1.54) is 19.3 Å². The van der Waals surface area contributed by atoms with Crippen molar-refractivity contribution in [3.63, 3.8) is 0 Å². The molecule has 11 nitrogen and oxygen atoms in total. The number of imidazole rings is 1. The quantitative estimate of drug-likeness (QED) is 0.389. The van der Waals surface area contributed by atoms with E-state index >= 15 is 0 Å². The second-order valence-electron chi connectivity index (χ2n) is 11.2. The van der Waals surface area contributed by atoms with Crippen molar-refractivity contribution in [1.29, 1.82) is 0 Å². The fourth-order valence-corrected chi connectivity index (χ4v) is 6.16. The number of hydrogen-bond acceptors (Lipinski definition) is 8. The van der Waals surface area contributed by atoms with Gasteiger partial charge in [0.05, 0.1) is 26.0 Å². The molecule has 4 heterocycles. The SMILES string of the molecule is COc1cc(N2CCC(CC(=O)N3CCOCC3)CC2)ccc1Nc1nc(NC2CCCCC2)c2[nH]c[nH+]c2n1. The molecule has 6 rings (SSSR count). The van der Waals surface area contributed by atoms with Crippen LogP contribution in [0.4, 0.5) is 23.1 Å². The molecule has 0 unspecified atom stereocenters. The first-order valence-corrected chi connectivity index (χ1v) is 14.7. The maximum atomic E-state index is 12.7. The van der Waals surface area contributed by atoms with Gasteiger partial charge in [0, 0.05) is 50.4 Å². The number of H-pyrrole nitrogens is 2.